The minimum Gasteiger partial charge on any atom is -0.313 e. The summed E-state index contributed by atoms with van der Waals surface area (Å²) in [5.41, 5.74) is 2.32. The standard InChI is InChI=1S/C9H11N3.2ClH/c1-3-10-4-2-8(1)9-7-11-5-6-12-9;;/h1,5-7,10H,2-4H2;2*1H. The van der Waals surface area contributed by atoms with E-state index in [1.54, 1.807) is 12.4 Å². The molecule has 3 nitrogen and oxygen atoms in total. The zero-order valence-electron chi connectivity index (χ0n) is 7.64. The van der Waals surface area contributed by atoms with Gasteiger partial charge in [0.05, 0.1) is 11.9 Å². The van der Waals surface area contributed by atoms with Crippen LogP contribution >= 0.6 is 24.8 Å². The van der Waals surface area contributed by atoms with E-state index in [0.29, 0.717) is 0 Å². The smallest absolute Gasteiger partial charge is 0.0842 e. The molecule has 1 aromatic rings. The minimum atomic E-state index is 0. The molecule has 0 spiro atoms. The van der Waals surface area contributed by atoms with E-state index in [2.05, 4.69) is 21.4 Å². The van der Waals surface area contributed by atoms with Crippen LogP contribution in [0.25, 0.3) is 5.57 Å². The predicted octanol–water partition coefficient (Wildman–Crippen LogP) is 1.70. The molecule has 2 rings (SSSR count). The maximum Gasteiger partial charge on any atom is 0.0842 e. The summed E-state index contributed by atoms with van der Waals surface area (Å²) >= 11 is 0. The molecule has 5 heteroatoms. The number of nitrogens with one attached hydrogen (secondary N) is 1. The first kappa shape index (κ1) is 13.4. The molecule has 0 atom stereocenters. The first-order valence-corrected chi connectivity index (χ1v) is 4.13. The summed E-state index contributed by atoms with van der Waals surface area (Å²) in [6.07, 6.45) is 8.48. The average Bonchev–Trinajstić information content (AvgIpc) is 2.21. The topological polar surface area (TPSA) is 37.8 Å². The van der Waals surface area contributed by atoms with Gasteiger partial charge in [-0.25, -0.2) is 0 Å². The zero-order chi connectivity index (χ0) is 8.23. The second-order valence-corrected chi connectivity index (χ2v) is 2.77. The molecule has 78 valence electrons. The predicted molar refractivity (Wildman–Crippen MR) is 62.0 cm³/mol. The average molecular weight is 234 g/mol. The Balaban J connectivity index is 0.000000845. The third kappa shape index (κ3) is 3.25. The molecule has 0 saturated heterocycles. The zero-order valence-corrected chi connectivity index (χ0v) is 9.27. The molecule has 0 aliphatic carbocycles. The SMILES string of the molecule is C1=C(c2cnccn2)CCNC1.Cl.Cl. The summed E-state index contributed by atoms with van der Waals surface area (Å²) in [4.78, 5) is 8.28. The van der Waals surface area contributed by atoms with Crippen LogP contribution in [0.3, 0.4) is 0 Å². The Morgan fingerprint density at radius 3 is 2.64 bits per heavy atom. The first-order chi connectivity index (χ1) is 5.97. The molecule has 2 heterocycles. The van der Waals surface area contributed by atoms with Gasteiger partial charge in [-0.05, 0) is 18.5 Å². The van der Waals surface area contributed by atoms with Crippen LogP contribution in [-0.4, -0.2) is 23.1 Å². The maximum atomic E-state index is 4.24. The van der Waals surface area contributed by atoms with Crippen LogP contribution in [0.15, 0.2) is 24.7 Å². The number of hydrogen-bond acceptors (Lipinski definition) is 3. The van der Waals surface area contributed by atoms with Crippen LogP contribution in [0.4, 0.5) is 0 Å². The van der Waals surface area contributed by atoms with Crippen molar-refractivity contribution in [1.29, 1.82) is 0 Å². The summed E-state index contributed by atoms with van der Waals surface area (Å²) in [6, 6.07) is 0. The molecule has 14 heavy (non-hydrogen) atoms. The lowest BCUT2D eigenvalue weighted by molar-refractivity contribution is 0.736. The van der Waals surface area contributed by atoms with Crippen LogP contribution < -0.4 is 5.32 Å². The minimum absolute atomic E-state index is 0. The van der Waals surface area contributed by atoms with Gasteiger partial charge in [0.2, 0.25) is 0 Å². The van der Waals surface area contributed by atoms with Crippen molar-refractivity contribution in [3.8, 4) is 0 Å². The molecule has 1 N–H and O–H groups in total. The quantitative estimate of drug-likeness (QED) is 0.803. The van der Waals surface area contributed by atoms with Gasteiger partial charge in [0.15, 0.2) is 0 Å². The van der Waals surface area contributed by atoms with E-state index in [-0.39, 0.29) is 24.8 Å². The lowest BCUT2D eigenvalue weighted by Crippen LogP contribution is -2.20. The molecule has 1 aromatic heterocycles. The number of rotatable bonds is 1. The van der Waals surface area contributed by atoms with Gasteiger partial charge in [0.1, 0.15) is 0 Å². The van der Waals surface area contributed by atoms with Gasteiger partial charge in [-0.2, -0.15) is 0 Å². The molecule has 0 fully saturated rings. The fourth-order valence-corrected chi connectivity index (χ4v) is 1.32. The van der Waals surface area contributed by atoms with Crippen LogP contribution in [0.2, 0.25) is 0 Å². The fourth-order valence-electron chi connectivity index (χ4n) is 1.32. The van der Waals surface area contributed by atoms with Gasteiger partial charge in [-0.15, -0.1) is 24.8 Å². The van der Waals surface area contributed by atoms with Crippen LogP contribution in [0.5, 0.6) is 0 Å². The van der Waals surface area contributed by atoms with Crippen molar-refractivity contribution in [2.45, 2.75) is 6.42 Å². The van der Waals surface area contributed by atoms with Crippen molar-refractivity contribution in [3.63, 3.8) is 0 Å². The number of aromatic nitrogens is 2. The van der Waals surface area contributed by atoms with Crippen molar-refractivity contribution >= 4 is 30.4 Å². The van der Waals surface area contributed by atoms with E-state index in [9.17, 15) is 0 Å². The highest BCUT2D eigenvalue weighted by atomic mass is 35.5. The van der Waals surface area contributed by atoms with Crippen LogP contribution in [0.1, 0.15) is 12.1 Å². The highest BCUT2D eigenvalue weighted by Crippen LogP contribution is 2.15. The van der Waals surface area contributed by atoms with E-state index >= 15 is 0 Å². The second kappa shape index (κ2) is 6.76. The van der Waals surface area contributed by atoms with E-state index in [4.69, 9.17) is 0 Å². The molecule has 0 saturated carbocycles. The Labute approximate surface area is 95.9 Å². The molecule has 0 unspecified atom stereocenters. The van der Waals surface area contributed by atoms with Gasteiger partial charge < -0.3 is 5.32 Å². The Kier molecular flexibility index (Phi) is 6.45. The molecule has 0 amide bonds. The van der Waals surface area contributed by atoms with Gasteiger partial charge in [-0.1, -0.05) is 6.08 Å². The van der Waals surface area contributed by atoms with Gasteiger partial charge in [0, 0.05) is 18.9 Å². The summed E-state index contributed by atoms with van der Waals surface area (Å²) in [5, 5.41) is 3.26. The third-order valence-corrected chi connectivity index (χ3v) is 1.96. The first-order valence-electron chi connectivity index (χ1n) is 4.13. The van der Waals surface area contributed by atoms with Crippen molar-refractivity contribution < 1.29 is 0 Å². The molecular weight excluding hydrogens is 221 g/mol. The number of halogens is 2. The number of hydrogen-bond donors (Lipinski definition) is 1. The van der Waals surface area contributed by atoms with Crippen LogP contribution in [0, 0.1) is 0 Å². The highest BCUT2D eigenvalue weighted by molar-refractivity contribution is 5.85. The summed E-state index contributed by atoms with van der Waals surface area (Å²) in [7, 11) is 0. The lowest BCUT2D eigenvalue weighted by atomic mass is 10.1. The Bertz CT molecular complexity index is 287. The van der Waals surface area contributed by atoms with Crippen molar-refractivity contribution in [1.82, 2.24) is 15.3 Å². The maximum absolute atomic E-state index is 4.24. The molecular formula is C9H13Cl2N3. The number of nitrogens with zero attached hydrogens (tertiary/aromatic N) is 2. The van der Waals surface area contributed by atoms with Gasteiger partial charge in [0.25, 0.3) is 0 Å². The van der Waals surface area contributed by atoms with E-state index < -0.39 is 0 Å². The van der Waals surface area contributed by atoms with E-state index in [0.717, 1.165) is 25.2 Å². The molecule has 0 aromatic carbocycles. The Morgan fingerprint density at radius 2 is 2.07 bits per heavy atom. The molecule has 1 aliphatic rings. The summed E-state index contributed by atoms with van der Waals surface area (Å²) in [6.45, 7) is 1.99. The van der Waals surface area contributed by atoms with Crippen molar-refractivity contribution in [3.05, 3.63) is 30.4 Å². The van der Waals surface area contributed by atoms with E-state index in [1.165, 1.54) is 5.57 Å². The molecule has 0 bridgehead atoms. The lowest BCUT2D eigenvalue weighted by Gasteiger charge is -2.12. The van der Waals surface area contributed by atoms with Crippen molar-refractivity contribution in [2.24, 2.45) is 0 Å². The van der Waals surface area contributed by atoms with Crippen molar-refractivity contribution in [2.75, 3.05) is 13.1 Å². The third-order valence-electron chi connectivity index (χ3n) is 1.96. The largest absolute Gasteiger partial charge is 0.313 e. The second-order valence-electron chi connectivity index (χ2n) is 2.77. The van der Waals surface area contributed by atoms with Crippen LogP contribution in [-0.2, 0) is 0 Å². The normalized spacial score (nSPS) is 14.7. The van der Waals surface area contributed by atoms with Gasteiger partial charge >= 0.3 is 0 Å². The molecule has 0 radical (unpaired) electrons. The summed E-state index contributed by atoms with van der Waals surface area (Å²) < 4.78 is 0. The van der Waals surface area contributed by atoms with E-state index in [1.807, 2.05) is 6.20 Å². The highest BCUT2D eigenvalue weighted by Gasteiger charge is 2.05. The van der Waals surface area contributed by atoms with Gasteiger partial charge in [-0.3, -0.25) is 9.97 Å². The Morgan fingerprint density at radius 1 is 1.21 bits per heavy atom. The monoisotopic (exact) mass is 233 g/mol. The Hall–Kier alpha value is -0.640. The molecule has 1 aliphatic heterocycles. The fraction of sp³-hybridized carbons (Fsp3) is 0.333. The summed E-state index contributed by atoms with van der Waals surface area (Å²) in [5.74, 6) is 0.